The Labute approximate surface area is 170 Å². The van der Waals surface area contributed by atoms with Crippen LogP contribution in [-0.2, 0) is 13.1 Å². The zero-order chi connectivity index (χ0) is 21.4. The number of hydrogen-bond acceptors (Lipinski definition) is 3. The van der Waals surface area contributed by atoms with Crippen molar-refractivity contribution in [1.29, 1.82) is 0 Å². The molecule has 0 aliphatic carbocycles. The number of rotatable bonds is 5. The third kappa shape index (κ3) is 3.56. The first kappa shape index (κ1) is 19.8. The van der Waals surface area contributed by atoms with Crippen LogP contribution in [0.4, 0.5) is 8.78 Å². The van der Waals surface area contributed by atoms with Crippen molar-refractivity contribution in [2.24, 2.45) is 5.92 Å². The highest BCUT2D eigenvalue weighted by Gasteiger charge is 2.20. The highest BCUT2D eigenvalue weighted by atomic mass is 19.1. The van der Waals surface area contributed by atoms with Gasteiger partial charge in [0.05, 0.1) is 12.0 Å². The molecule has 0 bridgehead atoms. The minimum atomic E-state index is -0.538. The number of halogens is 2. The first-order valence-electron chi connectivity index (χ1n) is 9.56. The molecule has 0 N–H and O–H groups in total. The van der Waals surface area contributed by atoms with Crippen molar-refractivity contribution in [2.45, 2.75) is 26.9 Å². The molecule has 0 amide bonds. The Kier molecular flexibility index (Phi) is 5.07. The van der Waals surface area contributed by atoms with E-state index in [9.17, 15) is 18.4 Å². The molecule has 0 spiro atoms. The second kappa shape index (κ2) is 7.70. The van der Waals surface area contributed by atoms with Gasteiger partial charge in [-0.15, -0.1) is 0 Å². The largest absolute Gasteiger partial charge is 0.337 e. The van der Waals surface area contributed by atoms with Crippen LogP contribution < -0.4 is 11.2 Å². The van der Waals surface area contributed by atoms with E-state index in [1.165, 1.54) is 51.9 Å². The third-order valence-electron chi connectivity index (χ3n) is 4.77. The molecule has 2 aromatic heterocycles. The summed E-state index contributed by atoms with van der Waals surface area (Å²) < 4.78 is 31.1. The van der Waals surface area contributed by atoms with Crippen LogP contribution in [0.25, 0.3) is 16.9 Å². The standard InChI is InChI=1S/C22H20F2N4O2/c1-14(2)11-27-21(29)19-20(28(22(27)30)18-8-6-16(23)7-9-18)25-13-26(19)12-15-4-3-5-17(24)10-15/h3-10,13-14H,11-12H2,1-2H3. The summed E-state index contributed by atoms with van der Waals surface area (Å²) in [5.74, 6) is -0.762. The zero-order valence-electron chi connectivity index (χ0n) is 16.5. The van der Waals surface area contributed by atoms with E-state index in [0.717, 1.165) is 0 Å². The van der Waals surface area contributed by atoms with Crippen LogP contribution in [0.3, 0.4) is 0 Å². The van der Waals surface area contributed by atoms with Crippen molar-refractivity contribution in [1.82, 2.24) is 18.7 Å². The van der Waals surface area contributed by atoms with Crippen molar-refractivity contribution < 1.29 is 8.78 Å². The number of nitrogens with zero attached hydrogens (tertiary/aromatic N) is 4. The average molecular weight is 410 g/mol. The molecule has 0 radical (unpaired) electrons. The second-order valence-electron chi connectivity index (χ2n) is 7.58. The van der Waals surface area contributed by atoms with Crippen LogP contribution in [0.15, 0.2) is 64.4 Å². The minimum absolute atomic E-state index is 0.0501. The fourth-order valence-electron chi connectivity index (χ4n) is 3.48. The summed E-state index contributed by atoms with van der Waals surface area (Å²) in [5, 5.41) is 0. The lowest BCUT2D eigenvalue weighted by Gasteiger charge is -2.14. The molecule has 6 nitrogen and oxygen atoms in total. The second-order valence-corrected chi connectivity index (χ2v) is 7.58. The van der Waals surface area contributed by atoms with E-state index in [0.29, 0.717) is 11.3 Å². The molecule has 0 aliphatic rings. The first-order valence-corrected chi connectivity index (χ1v) is 9.56. The quantitative estimate of drug-likeness (QED) is 0.507. The molecular weight excluding hydrogens is 390 g/mol. The van der Waals surface area contributed by atoms with Gasteiger partial charge in [0.25, 0.3) is 5.56 Å². The van der Waals surface area contributed by atoms with Crippen LogP contribution in [0.5, 0.6) is 0 Å². The van der Waals surface area contributed by atoms with E-state index in [-0.39, 0.29) is 36.0 Å². The van der Waals surface area contributed by atoms with Crippen LogP contribution in [-0.4, -0.2) is 18.7 Å². The Morgan fingerprint density at radius 2 is 1.73 bits per heavy atom. The lowest BCUT2D eigenvalue weighted by molar-refractivity contribution is 0.489. The molecular formula is C22H20F2N4O2. The molecule has 0 saturated carbocycles. The average Bonchev–Trinajstić information content (AvgIpc) is 3.10. The van der Waals surface area contributed by atoms with Gasteiger partial charge in [-0.2, -0.15) is 0 Å². The molecule has 0 unspecified atom stereocenters. The van der Waals surface area contributed by atoms with E-state index < -0.39 is 17.1 Å². The predicted molar refractivity (Wildman–Crippen MR) is 110 cm³/mol. The third-order valence-corrected chi connectivity index (χ3v) is 4.77. The summed E-state index contributed by atoms with van der Waals surface area (Å²) in [6.07, 6.45) is 1.45. The molecule has 2 aromatic carbocycles. The van der Waals surface area contributed by atoms with Crippen LogP contribution in [0, 0.1) is 17.6 Å². The summed E-state index contributed by atoms with van der Waals surface area (Å²) in [7, 11) is 0. The van der Waals surface area contributed by atoms with Gasteiger partial charge in [0.15, 0.2) is 11.2 Å². The van der Waals surface area contributed by atoms with E-state index >= 15 is 0 Å². The maximum absolute atomic E-state index is 13.6. The Morgan fingerprint density at radius 1 is 1.00 bits per heavy atom. The van der Waals surface area contributed by atoms with Gasteiger partial charge in [0, 0.05) is 13.1 Å². The zero-order valence-corrected chi connectivity index (χ0v) is 16.5. The van der Waals surface area contributed by atoms with Gasteiger partial charge >= 0.3 is 5.69 Å². The smallest absolute Gasteiger partial charge is 0.320 e. The van der Waals surface area contributed by atoms with Gasteiger partial charge in [-0.05, 0) is 47.9 Å². The highest BCUT2D eigenvalue weighted by Crippen LogP contribution is 2.16. The summed E-state index contributed by atoms with van der Waals surface area (Å²) in [6.45, 7) is 4.25. The van der Waals surface area contributed by atoms with Crippen LogP contribution in [0.1, 0.15) is 19.4 Å². The molecule has 30 heavy (non-hydrogen) atoms. The van der Waals surface area contributed by atoms with Gasteiger partial charge in [0.2, 0.25) is 0 Å². The van der Waals surface area contributed by atoms with Crippen molar-refractivity contribution in [3.8, 4) is 5.69 Å². The van der Waals surface area contributed by atoms with E-state index in [1.54, 1.807) is 16.7 Å². The fourth-order valence-corrected chi connectivity index (χ4v) is 3.48. The molecule has 0 fully saturated rings. The number of hydrogen-bond donors (Lipinski definition) is 0. The van der Waals surface area contributed by atoms with Gasteiger partial charge in [-0.1, -0.05) is 26.0 Å². The summed E-state index contributed by atoms with van der Waals surface area (Å²) in [4.78, 5) is 30.7. The maximum Gasteiger partial charge on any atom is 0.337 e. The molecule has 2 heterocycles. The van der Waals surface area contributed by atoms with Gasteiger partial charge in [-0.3, -0.25) is 9.36 Å². The Morgan fingerprint density at radius 3 is 2.40 bits per heavy atom. The number of fused-ring (bicyclic) bond motifs is 1. The first-order chi connectivity index (χ1) is 14.3. The lowest BCUT2D eigenvalue weighted by Crippen LogP contribution is -2.41. The van der Waals surface area contributed by atoms with Crippen molar-refractivity contribution in [3.63, 3.8) is 0 Å². The number of aromatic nitrogens is 4. The Bertz CT molecular complexity index is 1330. The molecule has 0 atom stereocenters. The van der Waals surface area contributed by atoms with Crippen LogP contribution >= 0.6 is 0 Å². The normalized spacial score (nSPS) is 11.5. The molecule has 4 aromatic rings. The Balaban J connectivity index is 1.99. The number of imidazole rings is 1. The van der Waals surface area contributed by atoms with Crippen molar-refractivity contribution in [3.05, 3.63) is 92.9 Å². The van der Waals surface area contributed by atoms with E-state index in [4.69, 9.17) is 0 Å². The minimum Gasteiger partial charge on any atom is -0.320 e. The highest BCUT2D eigenvalue weighted by molar-refractivity contribution is 5.72. The predicted octanol–water partition coefficient (Wildman–Crippen LogP) is 3.33. The maximum atomic E-state index is 13.6. The molecule has 4 rings (SSSR count). The van der Waals surface area contributed by atoms with Gasteiger partial charge in [0.1, 0.15) is 11.6 Å². The van der Waals surface area contributed by atoms with E-state index in [2.05, 4.69) is 4.98 Å². The van der Waals surface area contributed by atoms with Crippen molar-refractivity contribution in [2.75, 3.05) is 0 Å². The van der Waals surface area contributed by atoms with Gasteiger partial charge in [-0.25, -0.2) is 23.1 Å². The number of benzene rings is 2. The Hall–Kier alpha value is -3.55. The molecule has 154 valence electrons. The molecule has 8 heteroatoms. The summed E-state index contributed by atoms with van der Waals surface area (Å²) >= 11 is 0. The fraction of sp³-hybridized carbons (Fsp3) is 0.227. The topological polar surface area (TPSA) is 61.8 Å². The molecule has 0 aliphatic heterocycles. The summed E-state index contributed by atoms with van der Waals surface area (Å²) in [5.41, 5.74) is 0.459. The molecule has 0 saturated heterocycles. The van der Waals surface area contributed by atoms with Crippen molar-refractivity contribution >= 4 is 11.2 Å². The monoisotopic (exact) mass is 410 g/mol. The summed E-state index contributed by atoms with van der Waals surface area (Å²) in [6, 6.07) is 11.5. The van der Waals surface area contributed by atoms with Crippen LogP contribution in [0.2, 0.25) is 0 Å². The SMILES string of the molecule is CC(C)Cn1c(=O)c2c(ncn2Cc2cccc(F)c2)n(-c2ccc(F)cc2)c1=O. The lowest BCUT2D eigenvalue weighted by atomic mass is 10.2. The van der Waals surface area contributed by atoms with Gasteiger partial charge < -0.3 is 4.57 Å². The van der Waals surface area contributed by atoms with E-state index in [1.807, 2.05) is 13.8 Å².